The summed E-state index contributed by atoms with van der Waals surface area (Å²) in [6.07, 6.45) is 1.02. The third kappa shape index (κ3) is 3.40. The van der Waals surface area contributed by atoms with Crippen LogP contribution >= 0.6 is 0 Å². The first-order valence-corrected chi connectivity index (χ1v) is 2.49. The fourth-order valence-electron chi connectivity index (χ4n) is 0.224. The smallest absolute Gasteiger partial charge is 0.354 e. The molecule has 9 heavy (non-hydrogen) atoms. The molecule has 0 heterocycles. The molecule has 4 heteroatoms. The van der Waals surface area contributed by atoms with Crippen molar-refractivity contribution in [1.29, 1.82) is 0 Å². The molecule has 0 atom stereocenters. The van der Waals surface area contributed by atoms with Crippen molar-refractivity contribution in [2.45, 2.75) is 6.92 Å². The second-order valence-corrected chi connectivity index (χ2v) is 1.33. The summed E-state index contributed by atoms with van der Waals surface area (Å²) in [5, 5.41) is 8.14. The molecule has 0 aliphatic carbocycles. The molecule has 0 aromatic rings. The van der Waals surface area contributed by atoms with Crippen LogP contribution in [0.5, 0.6) is 0 Å². The van der Waals surface area contributed by atoms with Crippen molar-refractivity contribution in [2.24, 2.45) is 5.73 Å². The second kappa shape index (κ2) is 3.77. The van der Waals surface area contributed by atoms with E-state index in [1.807, 2.05) is 0 Å². The summed E-state index contributed by atoms with van der Waals surface area (Å²) in [7, 11) is 0. The maximum atomic E-state index is 9.93. The molecule has 0 aromatic carbocycles. The van der Waals surface area contributed by atoms with Crippen LogP contribution in [0.25, 0.3) is 0 Å². The third-order valence-electron chi connectivity index (χ3n) is 0.624. The van der Waals surface area contributed by atoms with Crippen LogP contribution in [-0.2, 0) is 9.53 Å². The topological polar surface area (TPSA) is 72.5 Å². The van der Waals surface area contributed by atoms with E-state index < -0.39 is 5.97 Å². The van der Waals surface area contributed by atoms with Crippen LogP contribution in [0, 0.1) is 0 Å². The molecule has 52 valence electrons. The summed E-state index contributed by atoms with van der Waals surface area (Å²) in [6.45, 7) is 2.17. The average Bonchev–Trinajstić information content (AvgIpc) is 1.82. The number of aliphatic carboxylic acids is 1. The molecule has 0 aliphatic rings. The molecule has 0 rings (SSSR count). The van der Waals surface area contributed by atoms with Gasteiger partial charge in [-0.15, -0.1) is 0 Å². The van der Waals surface area contributed by atoms with Gasteiger partial charge < -0.3 is 15.6 Å². The standard InChI is InChI=1S/C5H9NO3/c1-2-9-3-4(6)5(7)8/h3H,2,6H2,1H3,(H,7,8)/b4-3-. The summed E-state index contributed by atoms with van der Waals surface area (Å²) >= 11 is 0. The lowest BCUT2D eigenvalue weighted by molar-refractivity contribution is -0.132. The maximum Gasteiger partial charge on any atom is 0.354 e. The second-order valence-electron chi connectivity index (χ2n) is 1.33. The largest absolute Gasteiger partial charge is 0.499 e. The minimum absolute atomic E-state index is 0.281. The van der Waals surface area contributed by atoms with Crippen molar-refractivity contribution in [2.75, 3.05) is 6.61 Å². The molecule has 0 fully saturated rings. The summed E-state index contributed by atoms with van der Waals surface area (Å²) in [4.78, 5) is 9.93. The van der Waals surface area contributed by atoms with E-state index in [0.717, 1.165) is 6.26 Å². The van der Waals surface area contributed by atoms with E-state index in [2.05, 4.69) is 4.74 Å². The van der Waals surface area contributed by atoms with Gasteiger partial charge in [-0.2, -0.15) is 0 Å². The molecule has 0 saturated heterocycles. The van der Waals surface area contributed by atoms with Crippen LogP contribution in [0.3, 0.4) is 0 Å². The number of rotatable bonds is 3. The van der Waals surface area contributed by atoms with Gasteiger partial charge in [-0.3, -0.25) is 0 Å². The van der Waals surface area contributed by atoms with Gasteiger partial charge >= 0.3 is 5.97 Å². The number of ether oxygens (including phenoxy) is 1. The molecule has 0 radical (unpaired) electrons. The molecular weight excluding hydrogens is 122 g/mol. The normalized spacial score (nSPS) is 11.0. The van der Waals surface area contributed by atoms with Gasteiger partial charge in [0.25, 0.3) is 0 Å². The lowest BCUT2D eigenvalue weighted by Gasteiger charge is -1.93. The minimum Gasteiger partial charge on any atom is -0.499 e. The molecule has 0 amide bonds. The Morgan fingerprint density at radius 1 is 1.89 bits per heavy atom. The lowest BCUT2D eigenvalue weighted by atomic mass is 10.5. The Morgan fingerprint density at radius 2 is 2.44 bits per heavy atom. The van der Waals surface area contributed by atoms with E-state index >= 15 is 0 Å². The van der Waals surface area contributed by atoms with Crippen LogP contribution in [0.1, 0.15) is 6.92 Å². The first-order valence-electron chi connectivity index (χ1n) is 2.49. The lowest BCUT2D eigenvalue weighted by Crippen LogP contribution is -2.10. The van der Waals surface area contributed by atoms with E-state index in [9.17, 15) is 4.79 Å². The van der Waals surface area contributed by atoms with E-state index in [1.54, 1.807) is 6.92 Å². The fourth-order valence-corrected chi connectivity index (χ4v) is 0.224. The van der Waals surface area contributed by atoms with Gasteiger partial charge in [0, 0.05) is 0 Å². The van der Waals surface area contributed by atoms with Gasteiger partial charge in [-0.05, 0) is 6.92 Å². The molecule has 0 spiro atoms. The number of carboxylic acids is 1. The van der Waals surface area contributed by atoms with E-state index in [1.165, 1.54) is 0 Å². The first kappa shape index (κ1) is 7.81. The van der Waals surface area contributed by atoms with Gasteiger partial charge in [0.2, 0.25) is 0 Å². The Labute approximate surface area is 52.9 Å². The van der Waals surface area contributed by atoms with E-state index in [0.29, 0.717) is 6.61 Å². The molecule has 0 saturated carbocycles. The molecule has 0 bridgehead atoms. The first-order chi connectivity index (χ1) is 4.18. The molecule has 0 unspecified atom stereocenters. The van der Waals surface area contributed by atoms with Crippen molar-refractivity contribution in [1.82, 2.24) is 0 Å². The molecule has 4 nitrogen and oxygen atoms in total. The summed E-state index contributed by atoms with van der Waals surface area (Å²) in [5.41, 5.74) is 4.66. The quantitative estimate of drug-likeness (QED) is 0.414. The Morgan fingerprint density at radius 3 is 2.78 bits per heavy atom. The van der Waals surface area contributed by atoms with Gasteiger partial charge in [0.1, 0.15) is 6.26 Å². The molecular formula is C5H9NO3. The van der Waals surface area contributed by atoms with Gasteiger partial charge in [-0.25, -0.2) is 4.79 Å². The minimum atomic E-state index is -1.16. The van der Waals surface area contributed by atoms with Crippen molar-refractivity contribution < 1.29 is 14.6 Å². The van der Waals surface area contributed by atoms with Crippen LogP contribution < -0.4 is 5.73 Å². The number of hydrogen-bond acceptors (Lipinski definition) is 3. The molecule has 0 aliphatic heterocycles. The van der Waals surface area contributed by atoms with E-state index in [4.69, 9.17) is 10.8 Å². The van der Waals surface area contributed by atoms with Crippen molar-refractivity contribution in [3.05, 3.63) is 12.0 Å². The highest BCUT2D eigenvalue weighted by atomic mass is 16.5. The highest BCUT2D eigenvalue weighted by Crippen LogP contribution is 1.83. The van der Waals surface area contributed by atoms with Gasteiger partial charge in [0.05, 0.1) is 6.61 Å². The number of hydrogen-bond donors (Lipinski definition) is 2. The number of nitrogens with two attached hydrogens (primary N) is 1. The van der Waals surface area contributed by atoms with Gasteiger partial charge in [-0.1, -0.05) is 0 Å². The van der Waals surface area contributed by atoms with Gasteiger partial charge in [0.15, 0.2) is 5.70 Å². The SMILES string of the molecule is CCO/C=C(\N)C(=O)O. The Bertz CT molecular complexity index is 130. The number of carbonyl (C=O) groups is 1. The zero-order valence-corrected chi connectivity index (χ0v) is 5.13. The highest BCUT2D eigenvalue weighted by molar-refractivity contribution is 5.84. The Hall–Kier alpha value is -1.19. The molecule has 0 aromatic heterocycles. The predicted octanol–water partition coefficient (Wildman–Crippen LogP) is -0.0924. The Balaban J connectivity index is 3.69. The van der Waals surface area contributed by atoms with Crippen LogP contribution in [0.4, 0.5) is 0 Å². The fraction of sp³-hybridized carbons (Fsp3) is 0.400. The van der Waals surface area contributed by atoms with Crippen LogP contribution in [0.15, 0.2) is 12.0 Å². The average molecular weight is 131 g/mol. The Kier molecular flexibility index (Phi) is 3.27. The van der Waals surface area contributed by atoms with Crippen molar-refractivity contribution in [3.63, 3.8) is 0 Å². The summed E-state index contributed by atoms with van der Waals surface area (Å²) < 4.78 is 4.59. The van der Waals surface area contributed by atoms with Crippen LogP contribution in [-0.4, -0.2) is 17.7 Å². The zero-order valence-electron chi connectivity index (χ0n) is 5.13. The monoisotopic (exact) mass is 131 g/mol. The summed E-state index contributed by atoms with van der Waals surface area (Å²) in [6, 6.07) is 0. The zero-order chi connectivity index (χ0) is 7.28. The van der Waals surface area contributed by atoms with E-state index in [-0.39, 0.29) is 5.70 Å². The van der Waals surface area contributed by atoms with Crippen molar-refractivity contribution >= 4 is 5.97 Å². The molecule has 3 N–H and O–H groups in total. The van der Waals surface area contributed by atoms with Crippen LogP contribution in [0.2, 0.25) is 0 Å². The third-order valence-corrected chi connectivity index (χ3v) is 0.624. The maximum absolute atomic E-state index is 9.93. The highest BCUT2D eigenvalue weighted by Gasteiger charge is 1.98. The summed E-state index contributed by atoms with van der Waals surface area (Å²) in [5.74, 6) is -1.16. The van der Waals surface area contributed by atoms with Crippen molar-refractivity contribution in [3.8, 4) is 0 Å². The number of carboxylic acid groups (broad SMARTS) is 1. The predicted molar refractivity (Wildman–Crippen MR) is 31.5 cm³/mol.